The van der Waals surface area contributed by atoms with Crippen molar-refractivity contribution in [2.75, 3.05) is 6.61 Å². The van der Waals surface area contributed by atoms with E-state index in [2.05, 4.69) is 0 Å². The lowest BCUT2D eigenvalue weighted by Crippen LogP contribution is -2.29. The number of carbonyl (C=O) groups is 3. The largest absolute Gasteiger partial charge is 0.481 e. The van der Waals surface area contributed by atoms with Crippen molar-refractivity contribution >= 4 is 17.9 Å². The number of hydrogen-bond acceptors (Lipinski definition) is 4. The van der Waals surface area contributed by atoms with E-state index in [-0.39, 0.29) is 0 Å². The van der Waals surface area contributed by atoms with Crippen molar-refractivity contribution in [1.29, 1.82) is 0 Å². The van der Waals surface area contributed by atoms with Crippen LogP contribution in [0.4, 0.5) is 0 Å². The number of carboxylic acid groups (broad SMARTS) is 2. The molecule has 0 aromatic rings. The molecule has 0 amide bonds. The first kappa shape index (κ1) is 14.4. The van der Waals surface area contributed by atoms with Gasteiger partial charge in [-0.1, -0.05) is 0 Å². The second-order valence-corrected chi connectivity index (χ2v) is 4.48. The second-order valence-electron chi connectivity index (χ2n) is 4.48. The number of carbonyl (C=O) groups excluding carboxylic acids is 1. The third-order valence-electron chi connectivity index (χ3n) is 1.80. The maximum atomic E-state index is 11.3. The summed E-state index contributed by atoms with van der Waals surface area (Å²) in [5.41, 5.74) is -0.730. The SMILES string of the molecule is CC(C)(C)C(=O)OCC(CC(=O)O)C(=O)O. The van der Waals surface area contributed by atoms with E-state index in [9.17, 15) is 14.4 Å². The fourth-order valence-electron chi connectivity index (χ4n) is 0.821. The van der Waals surface area contributed by atoms with Gasteiger partial charge >= 0.3 is 17.9 Å². The molecule has 0 aliphatic carbocycles. The van der Waals surface area contributed by atoms with Crippen molar-refractivity contribution in [1.82, 2.24) is 0 Å². The summed E-state index contributed by atoms with van der Waals surface area (Å²) in [6.45, 7) is 4.46. The first-order valence-electron chi connectivity index (χ1n) is 4.76. The van der Waals surface area contributed by atoms with Gasteiger partial charge in [-0.2, -0.15) is 0 Å². The molecule has 0 heterocycles. The van der Waals surface area contributed by atoms with E-state index < -0.39 is 42.3 Å². The fourth-order valence-corrected chi connectivity index (χ4v) is 0.821. The van der Waals surface area contributed by atoms with Crippen molar-refractivity contribution in [2.24, 2.45) is 11.3 Å². The summed E-state index contributed by atoms with van der Waals surface area (Å²) in [5, 5.41) is 17.1. The minimum absolute atomic E-state index is 0.419. The lowest BCUT2D eigenvalue weighted by molar-refractivity contribution is -0.160. The minimum atomic E-state index is -1.29. The minimum Gasteiger partial charge on any atom is -0.481 e. The van der Waals surface area contributed by atoms with Crippen LogP contribution >= 0.6 is 0 Å². The van der Waals surface area contributed by atoms with Crippen molar-refractivity contribution in [3.8, 4) is 0 Å². The summed E-state index contributed by atoms with van der Waals surface area (Å²) in [7, 11) is 0. The van der Waals surface area contributed by atoms with Gasteiger partial charge in [-0.05, 0) is 20.8 Å². The summed E-state index contributed by atoms with van der Waals surface area (Å²) in [4.78, 5) is 32.3. The molecule has 6 heteroatoms. The fraction of sp³-hybridized carbons (Fsp3) is 0.700. The van der Waals surface area contributed by atoms with Crippen LogP contribution in [0.1, 0.15) is 27.2 Å². The van der Waals surface area contributed by atoms with Gasteiger partial charge in [0, 0.05) is 0 Å². The highest BCUT2D eigenvalue weighted by molar-refractivity contribution is 5.79. The molecule has 0 aromatic heterocycles. The summed E-state index contributed by atoms with van der Waals surface area (Å²) >= 11 is 0. The maximum absolute atomic E-state index is 11.3. The van der Waals surface area contributed by atoms with Gasteiger partial charge in [-0.25, -0.2) is 0 Å². The van der Waals surface area contributed by atoms with Crippen LogP contribution in [0.2, 0.25) is 0 Å². The second kappa shape index (κ2) is 5.48. The third kappa shape index (κ3) is 5.33. The molecular formula is C10H16O6. The van der Waals surface area contributed by atoms with Gasteiger partial charge in [0.05, 0.1) is 11.8 Å². The quantitative estimate of drug-likeness (QED) is 0.678. The molecule has 6 nitrogen and oxygen atoms in total. The van der Waals surface area contributed by atoms with Crippen LogP contribution in [0.3, 0.4) is 0 Å². The third-order valence-corrected chi connectivity index (χ3v) is 1.80. The Bertz CT molecular complexity index is 288. The lowest BCUT2D eigenvalue weighted by atomic mass is 9.97. The molecule has 0 radical (unpaired) electrons. The lowest BCUT2D eigenvalue weighted by Gasteiger charge is -2.18. The molecule has 0 spiro atoms. The first-order valence-corrected chi connectivity index (χ1v) is 4.76. The number of esters is 1. The van der Waals surface area contributed by atoms with Gasteiger partial charge < -0.3 is 14.9 Å². The van der Waals surface area contributed by atoms with Crippen LogP contribution in [-0.4, -0.2) is 34.7 Å². The molecule has 2 N–H and O–H groups in total. The van der Waals surface area contributed by atoms with Crippen molar-refractivity contribution < 1.29 is 29.3 Å². The van der Waals surface area contributed by atoms with E-state index >= 15 is 0 Å². The van der Waals surface area contributed by atoms with Crippen molar-refractivity contribution in [3.63, 3.8) is 0 Å². The van der Waals surface area contributed by atoms with Crippen LogP contribution < -0.4 is 0 Å². The molecule has 0 bridgehead atoms. The van der Waals surface area contributed by atoms with Crippen LogP contribution in [0, 0.1) is 11.3 Å². The molecule has 0 saturated carbocycles. The van der Waals surface area contributed by atoms with Gasteiger partial charge in [0.25, 0.3) is 0 Å². The molecule has 92 valence electrons. The molecule has 0 aliphatic rings. The van der Waals surface area contributed by atoms with Gasteiger partial charge in [0.1, 0.15) is 12.5 Å². The molecule has 0 aromatic carbocycles. The molecule has 0 saturated heterocycles. The standard InChI is InChI=1S/C10H16O6/c1-10(2,3)9(15)16-5-6(8(13)14)4-7(11)12/h6H,4-5H2,1-3H3,(H,11,12)(H,13,14). The predicted octanol–water partition coefficient (Wildman–Crippen LogP) is 0.751. The smallest absolute Gasteiger partial charge is 0.311 e. The van der Waals surface area contributed by atoms with E-state index in [1.807, 2.05) is 0 Å². The highest BCUT2D eigenvalue weighted by Gasteiger charge is 2.27. The average Bonchev–Trinajstić information content (AvgIpc) is 2.08. The topological polar surface area (TPSA) is 101 Å². The summed E-state index contributed by atoms with van der Waals surface area (Å²) < 4.78 is 4.75. The zero-order valence-electron chi connectivity index (χ0n) is 9.52. The Balaban J connectivity index is 4.28. The number of carboxylic acids is 2. The van der Waals surface area contributed by atoms with E-state index in [0.717, 1.165) is 0 Å². The van der Waals surface area contributed by atoms with Gasteiger partial charge in [0.15, 0.2) is 0 Å². The molecular weight excluding hydrogens is 216 g/mol. The predicted molar refractivity (Wildman–Crippen MR) is 53.8 cm³/mol. The number of rotatable bonds is 5. The van der Waals surface area contributed by atoms with Crippen molar-refractivity contribution in [2.45, 2.75) is 27.2 Å². The van der Waals surface area contributed by atoms with E-state index in [0.29, 0.717) is 0 Å². The monoisotopic (exact) mass is 232 g/mol. The molecule has 0 rings (SSSR count). The summed E-state index contributed by atoms with van der Waals surface area (Å²) in [6.07, 6.45) is -0.563. The molecule has 0 aliphatic heterocycles. The van der Waals surface area contributed by atoms with Gasteiger partial charge in [-0.3, -0.25) is 14.4 Å². The Morgan fingerprint density at radius 1 is 1.19 bits per heavy atom. The zero-order chi connectivity index (χ0) is 12.9. The van der Waals surface area contributed by atoms with Crippen molar-refractivity contribution in [3.05, 3.63) is 0 Å². The van der Waals surface area contributed by atoms with Crippen LogP contribution in [-0.2, 0) is 19.1 Å². The molecule has 0 fully saturated rings. The Morgan fingerprint density at radius 3 is 2.00 bits per heavy atom. The average molecular weight is 232 g/mol. The highest BCUT2D eigenvalue weighted by Crippen LogP contribution is 2.16. The zero-order valence-corrected chi connectivity index (χ0v) is 9.52. The molecule has 1 unspecified atom stereocenters. The van der Waals surface area contributed by atoms with Crippen LogP contribution in [0.5, 0.6) is 0 Å². The number of ether oxygens (including phenoxy) is 1. The van der Waals surface area contributed by atoms with E-state index in [4.69, 9.17) is 14.9 Å². The number of aliphatic carboxylic acids is 2. The Morgan fingerprint density at radius 2 is 1.69 bits per heavy atom. The van der Waals surface area contributed by atoms with Gasteiger partial charge in [0.2, 0.25) is 0 Å². The Kier molecular flexibility index (Phi) is 4.94. The van der Waals surface area contributed by atoms with E-state index in [1.54, 1.807) is 20.8 Å². The van der Waals surface area contributed by atoms with Gasteiger partial charge in [-0.15, -0.1) is 0 Å². The van der Waals surface area contributed by atoms with Crippen LogP contribution in [0.15, 0.2) is 0 Å². The Hall–Kier alpha value is -1.59. The number of hydrogen-bond donors (Lipinski definition) is 2. The maximum Gasteiger partial charge on any atom is 0.311 e. The Labute approximate surface area is 93.2 Å². The molecule has 1 atom stereocenters. The molecule has 16 heavy (non-hydrogen) atoms. The summed E-state index contributed by atoms with van der Waals surface area (Å²) in [6, 6.07) is 0. The first-order chi connectivity index (χ1) is 7.14. The van der Waals surface area contributed by atoms with Crippen LogP contribution in [0.25, 0.3) is 0 Å². The highest BCUT2D eigenvalue weighted by atomic mass is 16.5. The summed E-state index contributed by atoms with van der Waals surface area (Å²) in [5.74, 6) is -4.28. The van der Waals surface area contributed by atoms with E-state index in [1.165, 1.54) is 0 Å². The normalized spacial score (nSPS) is 12.9.